The molecule has 0 fully saturated rings. The number of nitriles is 1. The summed E-state index contributed by atoms with van der Waals surface area (Å²) in [7, 11) is -4.81. The minimum atomic E-state index is -3.43. The molecule has 6 nitrogen and oxygen atoms in total. The Morgan fingerprint density at radius 1 is 1.05 bits per heavy atom. The van der Waals surface area contributed by atoms with Crippen molar-refractivity contribution in [2.75, 3.05) is 37.9 Å². The third-order valence-corrected chi connectivity index (χ3v) is 5.56. The summed E-state index contributed by atoms with van der Waals surface area (Å²) < 4.78 is 46.3. The highest BCUT2D eigenvalue weighted by atomic mass is 32.2. The smallest absolute Gasteiger partial charge is 0.179 e. The summed E-state index contributed by atoms with van der Waals surface area (Å²) in [5.74, 6) is -0.0976. The van der Waals surface area contributed by atoms with Gasteiger partial charge < -0.3 is 4.90 Å². The summed E-state index contributed by atoms with van der Waals surface area (Å²) >= 11 is 0. The highest BCUT2D eigenvalue weighted by Gasteiger charge is 2.15. The molecule has 0 saturated heterocycles. The fourth-order valence-electron chi connectivity index (χ4n) is 1.56. The number of sulfone groups is 2. The SMILES string of the molecule is CN(CCS(C)(=O)=O)CCS(=O)(=O)c1ccc(C#N)cc1. The van der Waals surface area contributed by atoms with Crippen molar-refractivity contribution in [1.29, 1.82) is 5.26 Å². The number of nitrogens with zero attached hydrogens (tertiary/aromatic N) is 2. The minimum Gasteiger partial charge on any atom is -0.304 e. The van der Waals surface area contributed by atoms with Gasteiger partial charge in [0.1, 0.15) is 9.84 Å². The van der Waals surface area contributed by atoms with Gasteiger partial charge >= 0.3 is 0 Å². The zero-order valence-electron chi connectivity index (χ0n) is 12.0. The van der Waals surface area contributed by atoms with Crippen LogP contribution in [0.15, 0.2) is 29.2 Å². The first-order valence-electron chi connectivity index (χ1n) is 6.23. The standard InChI is InChI=1S/C13H18N2O4S2/c1-15(7-9-20(2,16)17)8-10-21(18,19)13-5-3-12(11-14)4-6-13/h3-6H,7-10H2,1-2H3. The van der Waals surface area contributed by atoms with Crippen LogP contribution in [0.5, 0.6) is 0 Å². The van der Waals surface area contributed by atoms with Gasteiger partial charge in [0, 0.05) is 19.3 Å². The average molecular weight is 330 g/mol. The first-order valence-corrected chi connectivity index (χ1v) is 9.94. The van der Waals surface area contributed by atoms with Crippen molar-refractivity contribution in [3.05, 3.63) is 29.8 Å². The Hall–Kier alpha value is -1.43. The Kier molecular flexibility index (Phi) is 5.89. The van der Waals surface area contributed by atoms with E-state index in [1.807, 2.05) is 6.07 Å². The maximum atomic E-state index is 12.1. The quantitative estimate of drug-likeness (QED) is 0.714. The number of hydrogen-bond acceptors (Lipinski definition) is 6. The molecule has 0 heterocycles. The molecule has 0 aliphatic rings. The maximum Gasteiger partial charge on any atom is 0.179 e. The molecule has 0 aromatic heterocycles. The molecule has 0 aliphatic heterocycles. The van der Waals surface area contributed by atoms with Gasteiger partial charge in [-0.15, -0.1) is 0 Å². The van der Waals surface area contributed by atoms with E-state index in [1.54, 1.807) is 11.9 Å². The van der Waals surface area contributed by atoms with Gasteiger partial charge in [0.15, 0.2) is 9.84 Å². The lowest BCUT2D eigenvalue weighted by molar-refractivity contribution is 0.374. The van der Waals surface area contributed by atoms with Crippen molar-refractivity contribution in [3.63, 3.8) is 0 Å². The van der Waals surface area contributed by atoms with E-state index in [2.05, 4.69) is 0 Å². The van der Waals surface area contributed by atoms with Crippen LogP contribution in [0.1, 0.15) is 5.56 Å². The highest BCUT2D eigenvalue weighted by molar-refractivity contribution is 7.91. The largest absolute Gasteiger partial charge is 0.304 e. The van der Waals surface area contributed by atoms with E-state index in [4.69, 9.17) is 5.26 Å². The van der Waals surface area contributed by atoms with Crippen LogP contribution in [0, 0.1) is 11.3 Å². The van der Waals surface area contributed by atoms with Crippen LogP contribution < -0.4 is 0 Å². The van der Waals surface area contributed by atoms with Crippen LogP contribution in [0.2, 0.25) is 0 Å². The summed E-state index contributed by atoms with van der Waals surface area (Å²) in [6, 6.07) is 7.66. The monoisotopic (exact) mass is 330 g/mol. The lowest BCUT2D eigenvalue weighted by Crippen LogP contribution is -2.30. The predicted octanol–water partition coefficient (Wildman–Crippen LogP) is 0.308. The van der Waals surface area contributed by atoms with Crippen molar-refractivity contribution >= 4 is 19.7 Å². The third kappa shape index (κ3) is 6.25. The molecule has 0 N–H and O–H groups in total. The normalized spacial score (nSPS) is 12.3. The van der Waals surface area contributed by atoms with Crippen molar-refractivity contribution < 1.29 is 16.8 Å². The molecule has 0 spiro atoms. The molecule has 0 radical (unpaired) electrons. The molecular formula is C13H18N2O4S2. The number of benzene rings is 1. The molecule has 21 heavy (non-hydrogen) atoms. The minimum absolute atomic E-state index is 0.000411. The van der Waals surface area contributed by atoms with Crippen LogP contribution in [0.25, 0.3) is 0 Å². The molecule has 0 aliphatic carbocycles. The van der Waals surface area contributed by atoms with Crippen LogP contribution in [0.4, 0.5) is 0 Å². The molecular weight excluding hydrogens is 312 g/mol. The second-order valence-corrected chi connectivity index (χ2v) is 9.26. The lowest BCUT2D eigenvalue weighted by Gasteiger charge is -2.15. The molecule has 116 valence electrons. The van der Waals surface area contributed by atoms with Crippen molar-refractivity contribution in [1.82, 2.24) is 4.90 Å². The third-order valence-electron chi connectivity index (χ3n) is 2.93. The summed E-state index contributed by atoms with van der Waals surface area (Å²) in [5.41, 5.74) is 0.402. The summed E-state index contributed by atoms with van der Waals surface area (Å²) in [6.45, 7) is 0.541. The molecule has 0 saturated carbocycles. The van der Waals surface area contributed by atoms with E-state index in [0.29, 0.717) is 12.1 Å². The van der Waals surface area contributed by atoms with E-state index in [9.17, 15) is 16.8 Å². The van der Waals surface area contributed by atoms with Crippen LogP contribution in [-0.2, 0) is 19.7 Å². The molecule has 0 bridgehead atoms. The molecule has 1 rings (SSSR count). The van der Waals surface area contributed by atoms with Gasteiger partial charge in [0.2, 0.25) is 0 Å². The van der Waals surface area contributed by atoms with Gasteiger partial charge in [0.05, 0.1) is 28.0 Å². The van der Waals surface area contributed by atoms with E-state index >= 15 is 0 Å². The number of rotatable bonds is 7. The summed E-state index contributed by atoms with van der Waals surface area (Å²) in [4.78, 5) is 1.83. The summed E-state index contributed by atoms with van der Waals surface area (Å²) in [6.07, 6.45) is 1.15. The molecule has 0 unspecified atom stereocenters. The Balaban J connectivity index is 2.62. The first-order chi connectivity index (χ1) is 9.64. The molecule has 1 aromatic carbocycles. The number of hydrogen-bond donors (Lipinski definition) is 0. The van der Waals surface area contributed by atoms with E-state index < -0.39 is 19.7 Å². The Morgan fingerprint density at radius 3 is 2.05 bits per heavy atom. The van der Waals surface area contributed by atoms with Gasteiger partial charge in [-0.1, -0.05) is 0 Å². The van der Waals surface area contributed by atoms with Crippen molar-refractivity contribution in [2.45, 2.75) is 4.90 Å². The van der Waals surface area contributed by atoms with Gasteiger partial charge in [-0.2, -0.15) is 5.26 Å². The van der Waals surface area contributed by atoms with Crippen molar-refractivity contribution in [3.8, 4) is 6.07 Å². The van der Waals surface area contributed by atoms with E-state index in [1.165, 1.54) is 24.3 Å². The Labute approximate surface area is 125 Å². The van der Waals surface area contributed by atoms with Crippen LogP contribution in [-0.4, -0.2) is 59.6 Å². The van der Waals surface area contributed by atoms with Crippen LogP contribution in [0.3, 0.4) is 0 Å². The van der Waals surface area contributed by atoms with Gasteiger partial charge in [-0.3, -0.25) is 0 Å². The Morgan fingerprint density at radius 2 is 1.57 bits per heavy atom. The Bertz CT molecular complexity index is 716. The lowest BCUT2D eigenvalue weighted by atomic mass is 10.2. The maximum absolute atomic E-state index is 12.1. The zero-order valence-corrected chi connectivity index (χ0v) is 13.6. The first kappa shape index (κ1) is 17.6. The van der Waals surface area contributed by atoms with E-state index in [-0.39, 0.29) is 22.9 Å². The van der Waals surface area contributed by atoms with Gasteiger partial charge in [-0.05, 0) is 31.3 Å². The molecule has 0 amide bonds. The van der Waals surface area contributed by atoms with E-state index in [0.717, 1.165) is 6.26 Å². The summed E-state index contributed by atoms with van der Waals surface area (Å²) in [5, 5.41) is 8.68. The second-order valence-electron chi connectivity index (χ2n) is 4.89. The van der Waals surface area contributed by atoms with Gasteiger partial charge in [0.25, 0.3) is 0 Å². The molecule has 0 atom stereocenters. The predicted molar refractivity (Wildman–Crippen MR) is 80.4 cm³/mol. The zero-order chi connectivity index (χ0) is 16.1. The average Bonchev–Trinajstić information content (AvgIpc) is 2.42. The molecule has 1 aromatic rings. The molecule has 8 heteroatoms. The van der Waals surface area contributed by atoms with Gasteiger partial charge in [-0.25, -0.2) is 16.8 Å². The fraction of sp³-hybridized carbons (Fsp3) is 0.462. The van der Waals surface area contributed by atoms with Crippen LogP contribution >= 0.6 is 0 Å². The second kappa shape index (κ2) is 7.02. The highest BCUT2D eigenvalue weighted by Crippen LogP contribution is 2.12. The topological polar surface area (TPSA) is 95.3 Å². The fourth-order valence-corrected chi connectivity index (χ4v) is 3.55. The van der Waals surface area contributed by atoms with Crippen molar-refractivity contribution in [2.24, 2.45) is 0 Å².